The lowest BCUT2D eigenvalue weighted by molar-refractivity contribution is -0.138. The molecule has 1 aromatic carbocycles. The Morgan fingerprint density at radius 3 is 2.53 bits per heavy atom. The van der Waals surface area contributed by atoms with Crippen LogP contribution in [-0.2, 0) is 6.18 Å². The Bertz CT molecular complexity index is 470. The summed E-state index contributed by atoms with van der Waals surface area (Å²) in [5.41, 5.74) is -0.372. The molecule has 0 radical (unpaired) electrons. The van der Waals surface area contributed by atoms with Gasteiger partial charge in [0.15, 0.2) is 0 Å². The zero-order chi connectivity index (χ0) is 14.6. The second-order valence-electron chi connectivity index (χ2n) is 4.38. The quantitative estimate of drug-likeness (QED) is 0.671. The minimum Gasteiger partial charge on any atom is -0.507 e. The van der Waals surface area contributed by atoms with Gasteiger partial charge in [-0.15, -0.1) is 0 Å². The van der Waals surface area contributed by atoms with E-state index in [4.69, 9.17) is 0 Å². The number of hydrogen-bond donors (Lipinski definition) is 1. The number of halogens is 3. The highest BCUT2D eigenvalue weighted by Gasteiger charge is 2.34. The van der Waals surface area contributed by atoms with Gasteiger partial charge in [0.2, 0.25) is 0 Å². The van der Waals surface area contributed by atoms with Gasteiger partial charge in [0.25, 0.3) is 0 Å². The number of nitrogens with zero attached hydrogens (tertiary/aromatic N) is 2. The monoisotopic (exact) mass is 274 g/mol. The first-order valence-corrected chi connectivity index (χ1v) is 5.91. The second-order valence-corrected chi connectivity index (χ2v) is 4.38. The Morgan fingerprint density at radius 2 is 2.00 bits per heavy atom. The minimum absolute atomic E-state index is 0.202. The molecule has 19 heavy (non-hydrogen) atoms. The molecule has 0 atom stereocenters. The lowest BCUT2D eigenvalue weighted by Gasteiger charge is -2.13. The lowest BCUT2D eigenvalue weighted by atomic mass is 10.1. The fourth-order valence-corrected chi connectivity index (χ4v) is 1.62. The maximum Gasteiger partial charge on any atom is 0.420 e. The van der Waals surface area contributed by atoms with Crippen molar-refractivity contribution in [3.8, 4) is 5.75 Å². The van der Waals surface area contributed by atoms with Gasteiger partial charge in [0.05, 0.1) is 17.6 Å². The van der Waals surface area contributed by atoms with Crippen molar-refractivity contribution in [3.63, 3.8) is 0 Å². The number of aryl methyl sites for hydroxylation is 1. The molecule has 0 aliphatic carbocycles. The van der Waals surface area contributed by atoms with E-state index in [1.165, 1.54) is 6.34 Å². The molecule has 0 aliphatic heterocycles. The average Bonchev–Trinajstić information content (AvgIpc) is 2.26. The van der Waals surface area contributed by atoms with Crippen molar-refractivity contribution in [2.24, 2.45) is 4.99 Å². The van der Waals surface area contributed by atoms with Crippen LogP contribution < -0.4 is 0 Å². The van der Waals surface area contributed by atoms with E-state index in [-0.39, 0.29) is 5.69 Å². The molecule has 0 bridgehead atoms. The van der Waals surface area contributed by atoms with Crippen LogP contribution in [0.3, 0.4) is 0 Å². The summed E-state index contributed by atoms with van der Waals surface area (Å²) in [7, 11) is 1.80. The molecular weight excluding hydrogens is 257 g/mol. The SMILES string of the molecule is CCCN(C)C=Nc1cc(C(F)(F)F)c(O)cc1C. The van der Waals surface area contributed by atoms with Crippen molar-refractivity contribution in [2.45, 2.75) is 26.4 Å². The van der Waals surface area contributed by atoms with Crippen LogP contribution in [0.4, 0.5) is 18.9 Å². The minimum atomic E-state index is -4.59. The summed E-state index contributed by atoms with van der Waals surface area (Å²) >= 11 is 0. The first-order chi connectivity index (χ1) is 8.75. The van der Waals surface area contributed by atoms with Crippen LogP contribution >= 0.6 is 0 Å². The number of phenolic OH excluding ortho intramolecular Hbond substituents is 1. The lowest BCUT2D eigenvalue weighted by Crippen LogP contribution is -2.16. The van der Waals surface area contributed by atoms with Crippen molar-refractivity contribution in [2.75, 3.05) is 13.6 Å². The third-order valence-corrected chi connectivity index (χ3v) is 2.59. The number of aliphatic imine (C=N–C) groups is 1. The van der Waals surface area contributed by atoms with Gasteiger partial charge in [0, 0.05) is 13.6 Å². The van der Waals surface area contributed by atoms with Gasteiger partial charge in [-0.3, -0.25) is 0 Å². The largest absolute Gasteiger partial charge is 0.507 e. The predicted molar refractivity (Wildman–Crippen MR) is 68.9 cm³/mol. The summed E-state index contributed by atoms with van der Waals surface area (Å²) in [6.07, 6.45) is -2.18. The van der Waals surface area contributed by atoms with Gasteiger partial charge in [-0.05, 0) is 31.0 Å². The maximum atomic E-state index is 12.7. The van der Waals surface area contributed by atoms with Gasteiger partial charge >= 0.3 is 6.18 Å². The second kappa shape index (κ2) is 5.95. The van der Waals surface area contributed by atoms with E-state index in [1.807, 2.05) is 6.92 Å². The van der Waals surface area contributed by atoms with Crippen molar-refractivity contribution in [1.29, 1.82) is 0 Å². The van der Waals surface area contributed by atoms with E-state index in [2.05, 4.69) is 4.99 Å². The van der Waals surface area contributed by atoms with E-state index in [1.54, 1.807) is 18.9 Å². The Labute approximate surface area is 110 Å². The molecular formula is C13H17F3N2O. The molecule has 0 unspecified atom stereocenters. The van der Waals surface area contributed by atoms with Crippen LogP contribution in [0.1, 0.15) is 24.5 Å². The Hall–Kier alpha value is -1.72. The van der Waals surface area contributed by atoms with Gasteiger partial charge in [-0.2, -0.15) is 13.2 Å². The highest BCUT2D eigenvalue weighted by Crippen LogP contribution is 2.39. The standard InChI is InChI=1S/C13H17F3N2O/c1-4-5-18(3)8-17-11-7-10(13(14,15)16)12(19)6-9(11)2/h6-8,19H,4-5H2,1-3H3. The molecule has 0 spiro atoms. The van der Waals surface area contributed by atoms with E-state index in [9.17, 15) is 18.3 Å². The van der Waals surface area contributed by atoms with Gasteiger partial charge in [0.1, 0.15) is 5.75 Å². The van der Waals surface area contributed by atoms with Crippen molar-refractivity contribution < 1.29 is 18.3 Å². The smallest absolute Gasteiger partial charge is 0.420 e. The maximum absolute atomic E-state index is 12.7. The fourth-order valence-electron chi connectivity index (χ4n) is 1.62. The number of hydrogen-bond acceptors (Lipinski definition) is 2. The van der Waals surface area contributed by atoms with Gasteiger partial charge in [-0.1, -0.05) is 6.92 Å². The van der Waals surface area contributed by atoms with Crippen LogP contribution in [0.25, 0.3) is 0 Å². The molecule has 6 heteroatoms. The molecule has 0 fully saturated rings. The summed E-state index contributed by atoms with van der Waals surface area (Å²) in [4.78, 5) is 5.82. The molecule has 0 heterocycles. The molecule has 0 aromatic heterocycles. The topological polar surface area (TPSA) is 35.8 Å². The number of rotatable bonds is 4. The molecule has 0 amide bonds. The van der Waals surface area contributed by atoms with E-state index >= 15 is 0 Å². The summed E-state index contributed by atoms with van der Waals surface area (Å²) < 4.78 is 38.0. The number of phenols is 1. The summed E-state index contributed by atoms with van der Waals surface area (Å²) in [5.74, 6) is -0.772. The Morgan fingerprint density at radius 1 is 1.37 bits per heavy atom. The summed E-state index contributed by atoms with van der Waals surface area (Å²) in [6.45, 7) is 4.37. The van der Waals surface area contributed by atoms with Crippen LogP contribution in [0.5, 0.6) is 5.75 Å². The first kappa shape index (κ1) is 15.3. The summed E-state index contributed by atoms with van der Waals surface area (Å²) in [6, 6.07) is 1.94. The highest BCUT2D eigenvalue weighted by molar-refractivity contribution is 5.64. The first-order valence-electron chi connectivity index (χ1n) is 5.91. The number of benzene rings is 1. The average molecular weight is 274 g/mol. The Kier molecular flexibility index (Phi) is 4.80. The molecule has 3 nitrogen and oxygen atoms in total. The molecule has 0 saturated heterocycles. The van der Waals surface area contributed by atoms with Gasteiger partial charge in [-0.25, -0.2) is 4.99 Å². The fraction of sp³-hybridized carbons (Fsp3) is 0.462. The Balaban J connectivity index is 3.08. The summed E-state index contributed by atoms with van der Waals surface area (Å²) in [5, 5.41) is 9.33. The molecule has 106 valence electrons. The van der Waals surface area contributed by atoms with E-state index < -0.39 is 17.5 Å². The number of aromatic hydroxyl groups is 1. The van der Waals surface area contributed by atoms with E-state index in [0.717, 1.165) is 25.1 Å². The van der Waals surface area contributed by atoms with Crippen molar-refractivity contribution >= 4 is 12.0 Å². The van der Waals surface area contributed by atoms with Crippen LogP contribution in [0, 0.1) is 6.92 Å². The van der Waals surface area contributed by atoms with Crippen LogP contribution in [0.15, 0.2) is 17.1 Å². The van der Waals surface area contributed by atoms with Crippen molar-refractivity contribution in [3.05, 3.63) is 23.3 Å². The molecule has 1 aromatic rings. The zero-order valence-corrected chi connectivity index (χ0v) is 11.1. The molecule has 1 N–H and O–H groups in total. The third-order valence-electron chi connectivity index (χ3n) is 2.59. The molecule has 1 rings (SSSR count). The van der Waals surface area contributed by atoms with Crippen molar-refractivity contribution in [1.82, 2.24) is 4.90 Å². The highest BCUT2D eigenvalue weighted by atomic mass is 19.4. The van der Waals surface area contributed by atoms with Gasteiger partial charge < -0.3 is 10.0 Å². The third kappa shape index (κ3) is 4.15. The van der Waals surface area contributed by atoms with Crippen LogP contribution in [-0.4, -0.2) is 29.9 Å². The van der Waals surface area contributed by atoms with Crippen LogP contribution in [0.2, 0.25) is 0 Å². The number of alkyl halides is 3. The normalized spacial score (nSPS) is 12.1. The molecule has 0 saturated carbocycles. The van der Waals surface area contributed by atoms with E-state index in [0.29, 0.717) is 5.56 Å². The predicted octanol–water partition coefficient (Wildman–Crippen LogP) is 3.72. The molecule has 0 aliphatic rings. The zero-order valence-electron chi connectivity index (χ0n) is 11.1.